The van der Waals surface area contributed by atoms with Crippen molar-refractivity contribution in [2.75, 3.05) is 34.4 Å². The summed E-state index contributed by atoms with van der Waals surface area (Å²) in [6.45, 7) is 1.68. The molecule has 2 aliphatic carbocycles. The number of nitriles is 1. The van der Waals surface area contributed by atoms with Gasteiger partial charge < -0.3 is 19.5 Å². The first-order chi connectivity index (χ1) is 23.9. The quantitative estimate of drug-likeness (QED) is 0.229. The number of likely N-dealkylation sites (N-methyl/N-ethyl adjacent to an activating group) is 1. The number of piperazine rings is 1. The summed E-state index contributed by atoms with van der Waals surface area (Å²) in [6.07, 6.45) is -0.0395. The SMILES string of the molecule is COC1=C(C)C(=O)C2=C(C1=O)[C@@H]1[C@@H]3CC4=C(C(=O)C(OC)=C(C)C4=O)[C@H](COC(=O)C(=O)CNC(=O)c4ccccc4)N3[C@@H](C#N)[C@H](C2)N1C. The number of ketones is 5. The van der Waals surface area contributed by atoms with Crippen LogP contribution in [0.3, 0.4) is 0 Å². The largest absolute Gasteiger partial charge is 0.492 e. The Balaban J connectivity index is 1.37. The van der Waals surface area contributed by atoms with E-state index in [1.54, 1.807) is 30.1 Å². The maximum atomic E-state index is 14.0. The second-order valence-electron chi connectivity index (χ2n) is 12.7. The van der Waals surface area contributed by atoms with Gasteiger partial charge in [0.2, 0.25) is 11.6 Å². The molecule has 0 unspecified atom stereocenters. The maximum Gasteiger partial charge on any atom is 0.376 e. The molecule has 1 N–H and O–H groups in total. The zero-order chi connectivity index (χ0) is 36.2. The number of carbonyl (C=O) groups is 7. The lowest BCUT2D eigenvalue weighted by Crippen LogP contribution is -2.74. The van der Waals surface area contributed by atoms with Gasteiger partial charge in [-0.05, 0) is 45.9 Å². The van der Waals surface area contributed by atoms with Gasteiger partial charge in [0.05, 0.1) is 38.9 Å². The highest BCUT2D eigenvalue weighted by Crippen LogP contribution is 2.49. The molecule has 2 bridgehead atoms. The van der Waals surface area contributed by atoms with Crippen LogP contribution in [0.2, 0.25) is 0 Å². The lowest BCUT2D eigenvalue weighted by Gasteiger charge is -2.60. The number of rotatable bonds is 8. The number of carbonyl (C=O) groups excluding carboxylic acids is 7. The van der Waals surface area contributed by atoms with Gasteiger partial charge >= 0.3 is 5.97 Å². The van der Waals surface area contributed by atoms with Crippen LogP contribution in [0.15, 0.2) is 75.3 Å². The summed E-state index contributed by atoms with van der Waals surface area (Å²) < 4.78 is 16.2. The number of ether oxygens (including phenoxy) is 3. The Morgan fingerprint density at radius 3 is 2.00 bits per heavy atom. The van der Waals surface area contributed by atoms with Gasteiger partial charge in [-0.1, -0.05) is 18.2 Å². The molecule has 14 nitrogen and oxygen atoms in total. The van der Waals surface area contributed by atoms with Crippen molar-refractivity contribution in [3.8, 4) is 6.07 Å². The number of fused-ring (bicyclic) bond motifs is 5. The molecule has 1 fully saturated rings. The van der Waals surface area contributed by atoms with E-state index in [4.69, 9.17) is 14.2 Å². The average molecular weight is 683 g/mol. The van der Waals surface area contributed by atoms with E-state index < -0.39 is 78.4 Å². The molecule has 1 amide bonds. The molecule has 1 aromatic carbocycles. The molecule has 50 heavy (non-hydrogen) atoms. The van der Waals surface area contributed by atoms with Crippen LogP contribution in [-0.2, 0) is 43.0 Å². The highest BCUT2D eigenvalue weighted by molar-refractivity contribution is 6.35. The van der Waals surface area contributed by atoms with Crippen molar-refractivity contribution < 1.29 is 47.8 Å². The van der Waals surface area contributed by atoms with E-state index >= 15 is 0 Å². The van der Waals surface area contributed by atoms with Crippen molar-refractivity contribution in [3.63, 3.8) is 0 Å². The summed E-state index contributed by atoms with van der Waals surface area (Å²) >= 11 is 0. The zero-order valence-corrected chi connectivity index (χ0v) is 28.0. The van der Waals surface area contributed by atoms with Crippen LogP contribution in [0.4, 0.5) is 0 Å². The lowest BCUT2D eigenvalue weighted by atomic mass is 9.67. The molecule has 1 aromatic rings. The smallest absolute Gasteiger partial charge is 0.376 e. The van der Waals surface area contributed by atoms with Crippen LogP contribution in [0.5, 0.6) is 0 Å². The molecule has 0 spiro atoms. The molecule has 6 rings (SSSR count). The molecule has 1 saturated heterocycles. The van der Waals surface area contributed by atoms with Crippen LogP contribution in [0.25, 0.3) is 0 Å². The Kier molecular flexibility index (Phi) is 8.98. The summed E-state index contributed by atoms with van der Waals surface area (Å²) in [5.41, 5.74) is 1.03. The Labute approximate surface area is 287 Å². The fourth-order valence-corrected chi connectivity index (χ4v) is 7.94. The van der Waals surface area contributed by atoms with Gasteiger partial charge in [0.1, 0.15) is 12.6 Å². The third-order valence-electron chi connectivity index (χ3n) is 10.3. The standard InChI is InChI=1S/C36H34N4O10/c1-16-29(42)19-12-22-28-27-20(30(43)17(2)34(49-5)32(27)45)11-21(39(28)3)23(13-37)40(22)24(26(19)31(44)33(16)48-4)15-50-36(47)25(41)14-38-35(46)18-9-7-6-8-10-18/h6-10,21-24,28H,11-12,14-15H2,1-5H3,(H,38,46)/t21-,22-,23-,24-,28-/m0/s1. The highest BCUT2D eigenvalue weighted by Gasteiger charge is 2.60. The van der Waals surface area contributed by atoms with Crippen molar-refractivity contribution in [1.29, 1.82) is 5.26 Å². The highest BCUT2D eigenvalue weighted by atomic mass is 16.5. The number of nitrogens with zero attached hydrogens (tertiary/aromatic N) is 3. The fourth-order valence-electron chi connectivity index (χ4n) is 7.94. The van der Waals surface area contributed by atoms with Gasteiger partial charge in [0.15, 0.2) is 23.1 Å². The van der Waals surface area contributed by atoms with E-state index in [1.165, 1.54) is 40.2 Å². The first kappa shape index (κ1) is 34.3. The third kappa shape index (κ3) is 5.21. The van der Waals surface area contributed by atoms with E-state index in [0.717, 1.165) is 0 Å². The fraction of sp³-hybridized carbons (Fsp3) is 0.389. The molecule has 258 valence electrons. The summed E-state index contributed by atoms with van der Waals surface area (Å²) in [5, 5.41) is 13.0. The first-order valence-corrected chi connectivity index (χ1v) is 15.9. The van der Waals surface area contributed by atoms with E-state index in [-0.39, 0.29) is 69.1 Å². The van der Waals surface area contributed by atoms with Crippen molar-refractivity contribution in [3.05, 3.63) is 80.9 Å². The molecule has 3 heterocycles. The third-order valence-corrected chi connectivity index (χ3v) is 10.3. The number of methoxy groups -OCH3 is 2. The first-order valence-electron chi connectivity index (χ1n) is 15.9. The predicted molar refractivity (Wildman–Crippen MR) is 172 cm³/mol. The normalized spacial score (nSPS) is 26.6. The van der Waals surface area contributed by atoms with Gasteiger partial charge in [-0.15, -0.1) is 0 Å². The van der Waals surface area contributed by atoms with Crippen LogP contribution in [-0.4, -0.2) is 115 Å². The number of hydrogen-bond acceptors (Lipinski definition) is 13. The Bertz CT molecular complexity index is 1950. The van der Waals surface area contributed by atoms with Crippen LogP contribution < -0.4 is 5.32 Å². The van der Waals surface area contributed by atoms with E-state index in [9.17, 15) is 38.8 Å². The van der Waals surface area contributed by atoms with Gasteiger partial charge in [0.25, 0.3) is 11.7 Å². The molecule has 3 aliphatic heterocycles. The number of allylic oxidation sites excluding steroid dienone is 4. The Morgan fingerprint density at radius 2 is 1.42 bits per heavy atom. The monoisotopic (exact) mass is 682 g/mol. The van der Waals surface area contributed by atoms with Crippen molar-refractivity contribution in [2.45, 2.75) is 56.9 Å². The number of amides is 1. The van der Waals surface area contributed by atoms with Crippen molar-refractivity contribution in [2.24, 2.45) is 0 Å². The average Bonchev–Trinajstić information content (AvgIpc) is 3.11. The molecule has 0 radical (unpaired) electrons. The van der Waals surface area contributed by atoms with E-state index in [2.05, 4.69) is 11.4 Å². The Hall–Kier alpha value is -5.52. The van der Waals surface area contributed by atoms with Crippen molar-refractivity contribution >= 4 is 40.8 Å². The summed E-state index contributed by atoms with van der Waals surface area (Å²) in [6, 6.07) is 5.87. The molecular weight excluding hydrogens is 648 g/mol. The van der Waals surface area contributed by atoms with Crippen LogP contribution >= 0.6 is 0 Å². The predicted octanol–water partition coefficient (Wildman–Crippen LogP) is 0.688. The Morgan fingerprint density at radius 1 is 0.860 bits per heavy atom. The minimum Gasteiger partial charge on any atom is -0.492 e. The molecule has 5 aliphatic rings. The molecule has 14 heteroatoms. The van der Waals surface area contributed by atoms with Crippen molar-refractivity contribution in [1.82, 2.24) is 15.1 Å². The van der Waals surface area contributed by atoms with E-state index in [1.807, 2.05) is 4.90 Å². The minimum absolute atomic E-state index is 0.0376. The van der Waals surface area contributed by atoms with Gasteiger partial charge in [-0.2, -0.15) is 5.26 Å². The zero-order valence-electron chi connectivity index (χ0n) is 28.0. The summed E-state index contributed by atoms with van der Waals surface area (Å²) in [4.78, 5) is 97.1. The summed E-state index contributed by atoms with van der Waals surface area (Å²) in [7, 11) is 4.29. The second kappa shape index (κ2) is 13.1. The number of nitrogens with one attached hydrogen (secondary N) is 1. The number of Topliss-reactive ketones (excluding diaryl/α,β-unsaturated/α-hetero) is 5. The van der Waals surface area contributed by atoms with Crippen LogP contribution in [0, 0.1) is 11.3 Å². The lowest BCUT2D eigenvalue weighted by molar-refractivity contribution is -0.156. The number of esters is 1. The molecule has 0 saturated carbocycles. The molecular formula is C36H34N4O10. The molecule has 0 aromatic heterocycles. The maximum absolute atomic E-state index is 14.0. The van der Waals surface area contributed by atoms with E-state index in [0.29, 0.717) is 0 Å². The number of hydrogen-bond donors (Lipinski definition) is 1. The summed E-state index contributed by atoms with van der Waals surface area (Å²) in [5.74, 6) is -5.23. The van der Waals surface area contributed by atoms with Gasteiger partial charge in [0, 0.05) is 51.1 Å². The van der Waals surface area contributed by atoms with Gasteiger partial charge in [-0.3, -0.25) is 38.6 Å². The number of benzene rings is 1. The van der Waals surface area contributed by atoms with Crippen LogP contribution in [0.1, 0.15) is 37.0 Å². The topological polar surface area (TPSA) is 189 Å². The second-order valence-corrected chi connectivity index (χ2v) is 12.7. The van der Waals surface area contributed by atoms with Gasteiger partial charge in [-0.25, -0.2) is 4.79 Å². The molecule has 5 atom stereocenters. The minimum atomic E-state index is -1.30.